The lowest BCUT2D eigenvalue weighted by Gasteiger charge is -2.27. The zero-order valence-electron chi connectivity index (χ0n) is 11.7. The Labute approximate surface area is 140 Å². The van der Waals surface area contributed by atoms with E-state index in [1.165, 1.54) is 22.7 Å². The molecule has 2 aromatic rings. The zero-order chi connectivity index (χ0) is 16.6. The van der Waals surface area contributed by atoms with Gasteiger partial charge in [-0.25, -0.2) is 0 Å². The monoisotopic (exact) mass is 357 g/mol. The topological polar surface area (TPSA) is 20.3 Å². The van der Waals surface area contributed by atoms with Crippen molar-refractivity contribution in [2.45, 2.75) is 23.4 Å². The predicted molar refractivity (Wildman–Crippen MR) is 84.9 cm³/mol. The number of carbonyl (C=O) groups is 1. The van der Waals surface area contributed by atoms with E-state index in [0.717, 1.165) is 23.3 Å². The van der Waals surface area contributed by atoms with E-state index >= 15 is 0 Å². The van der Waals surface area contributed by atoms with Crippen LogP contribution in [0.1, 0.15) is 16.7 Å². The quantitative estimate of drug-likeness (QED) is 0.447. The number of hydrogen-bond acceptors (Lipinski definition) is 2. The van der Waals surface area contributed by atoms with Crippen molar-refractivity contribution in [2.75, 3.05) is 4.90 Å². The summed E-state index contributed by atoms with van der Waals surface area (Å²) in [5.74, 6) is 0.624. The van der Waals surface area contributed by atoms with E-state index in [2.05, 4.69) is 0 Å². The summed E-state index contributed by atoms with van der Waals surface area (Å²) < 4.78 is 38.9. The Morgan fingerprint density at radius 2 is 1.83 bits per heavy atom. The predicted octanol–water partition coefficient (Wildman–Crippen LogP) is 5.68. The van der Waals surface area contributed by atoms with Gasteiger partial charge in [0.25, 0.3) is 0 Å². The molecule has 0 spiro atoms. The summed E-state index contributed by atoms with van der Waals surface area (Å²) in [6.07, 6.45) is -4.47. The molecular formula is C16H11ClF3NOS. The molecule has 0 unspecified atom stereocenters. The van der Waals surface area contributed by atoms with E-state index in [9.17, 15) is 18.0 Å². The van der Waals surface area contributed by atoms with Gasteiger partial charge in [-0.2, -0.15) is 13.2 Å². The molecule has 0 saturated carbocycles. The van der Waals surface area contributed by atoms with Crippen LogP contribution >= 0.6 is 23.4 Å². The average molecular weight is 358 g/mol. The first-order valence-electron chi connectivity index (χ1n) is 6.74. The highest BCUT2D eigenvalue weighted by molar-refractivity contribution is 7.98. The second kappa shape index (κ2) is 6.09. The van der Waals surface area contributed by atoms with Gasteiger partial charge in [0, 0.05) is 10.6 Å². The van der Waals surface area contributed by atoms with Gasteiger partial charge in [-0.15, -0.1) is 11.8 Å². The van der Waals surface area contributed by atoms with Crippen molar-refractivity contribution < 1.29 is 18.0 Å². The highest BCUT2D eigenvalue weighted by Gasteiger charge is 2.32. The van der Waals surface area contributed by atoms with E-state index < -0.39 is 17.1 Å². The van der Waals surface area contributed by atoms with Crippen molar-refractivity contribution in [3.8, 4) is 0 Å². The Kier molecular flexibility index (Phi) is 4.29. The lowest BCUT2D eigenvalue weighted by Crippen LogP contribution is -2.27. The van der Waals surface area contributed by atoms with Crippen molar-refractivity contribution in [1.82, 2.24) is 0 Å². The summed E-state index contributed by atoms with van der Waals surface area (Å²) in [6, 6.07) is 10.9. The summed E-state index contributed by atoms with van der Waals surface area (Å²) >= 11 is 7.03. The zero-order valence-corrected chi connectivity index (χ0v) is 13.3. The maximum Gasteiger partial charge on any atom is 0.416 e. The van der Waals surface area contributed by atoms with Crippen LogP contribution in [-0.2, 0) is 18.5 Å². The fourth-order valence-corrected chi connectivity index (χ4v) is 3.67. The third-order valence-corrected chi connectivity index (χ3v) is 4.93. The number of amides is 1. The van der Waals surface area contributed by atoms with Crippen LogP contribution in [0.15, 0.2) is 47.4 Å². The Hall–Kier alpha value is -1.66. The molecule has 0 N–H and O–H groups in total. The van der Waals surface area contributed by atoms with Crippen LogP contribution in [0.25, 0.3) is 0 Å². The molecule has 1 heterocycles. The molecule has 23 heavy (non-hydrogen) atoms. The van der Waals surface area contributed by atoms with Crippen molar-refractivity contribution >= 4 is 34.4 Å². The molecule has 7 heteroatoms. The molecule has 0 aliphatic carbocycles. The normalized spacial score (nSPS) is 14.5. The smallest absolute Gasteiger partial charge is 0.293 e. The van der Waals surface area contributed by atoms with E-state index in [1.807, 2.05) is 24.3 Å². The number of anilines is 1. The average Bonchev–Trinajstić information content (AvgIpc) is 2.48. The van der Waals surface area contributed by atoms with Gasteiger partial charge < -0.3 is 0 Å². The number of nitrogens with zero attached hydrogens (tertiary/aromatic N) is 1. The first-order valence-corrected chi connectivity index (χ1v) is 8.10. The SMILES string of the molecule is O=C(Cl)N1Cc2ccccc2CSc2ccc(C(F)(F)F)cc21. The number of fused-ring (bicyclic) bond motifs is 2. The highest BCUT2D eigenvalue weighted by Crippen LogP contribution is 2.41. The third kappa shape index (κ3) is 3.33. The van der Waals surface area contributed by atoms with Crippen molar-refractivity contribution in [1.29, 1.82) is 0 Å². The number of rotatable bonds is 0. The number of halogens is 4. The van der Waals surface area contributed by atoms with Crippen molar-refractivity contribution in [2.24, 2.45) is 0 Å². The molecule has 0 atom stereocenters. The molecule has 120 valence electrons. The van der Waals surface area contributed by atoms with Crippen LogP contribution in [0.4, 0.5) is 23.7 Å². The number of carbonyl (C=O) groups excluding carboxylic acids is 1. The molecule has 2 nitrogen and oxygen atoms in total. The van der Waals surface area contributed by atoms with Gasteiger partial charge in [-0.05, 0) is 40.9 Å². The van der Waals surface area contributed by atoms with Gasteiger partial charge in [0.05, 0.1) is 17.8 Å². The van der Waals surface area contributed by atoms with E-state index in [-0.39, 0.29) is 12.2 Å². The molecule has 0 radical (unpaired) electrons. The fraction of sp³-hybridized carbons (Fsp3) is 0.188. The van der Waals surface area contributed by atoms with E-state index in [0.29, 0.717) is 10.6 Å². The summed E-state index contributed by atoms with van der Waals surface area (Å²) in [4.78, 5) is 13.6. The number of hydrogen-bond donors (Lipinski definition) is 0. The minimum atomic E-state index is -4.47. The van der Waals surface area contributed by atoms with Crippen LogP contribution in [-0.4, -0.2) is 5.37 Å². The van der Waals surface area contributed by atoms with Gasteiger partial charge in [0.2, 0.25) is 0 Å². The largest absolute Gasteiger partial charge is 0.416 e. The molecular weight excluding hydrogens is 347 g/mol. The lowest BCUT2D eigenvalue weighted by molar-refractivity contribution is -0.137. The minimum absolute atomic E-state index is 0.146. The first-order chi connectivity index (χ1) is 10.9. The van der Waals surface area contributed by atoms with Crippen LogP contribution in [0.5, 0.6) is 0 Å². The molecule has 2 aromatic carbocycles. The van der Waals surface area contributed by atoms with Crippen LogP contribution in [0.2, 0.25) is 0 Å². The second-order valence-corrected chi connectivity index (χ2v) is 6.42. The lowest BCUT2D eigenvalue weighted by atomic mass is 10.1. The molecule has 0 saturated heterocycles. The summed E-state index contributed by atoms with van der Waals surface area (Å²) in [6.45, 7) is 0.146. The Balaban J connectivity index is 2.11. The third-order valence-electron chi connectivity index (χ3n) is 3.62. The minimum Gasteiger partial charge on any atom is -0.293 e. The van der Waals surface area contributed by atoms with Crippen LogP contribution in [0.3, 0.4) is 0 Å². The standard InChI is InChI=1S/C16H11ClF3NOS/c17-15(22)21-8-10-3-1-2-4-11(10)9-23-14-6-5-12(7-13(14)21)16(18,19)20/h1-7H,8-9H2. The Morgan fingerprint density at radius 3 is 2.48 bits per heavy atom. The van der Waals surface area contributed by atoms with E-state index in [1.54, 1.807) is 0 Å². The highest BCUT2D eigenvalue weighted by atomic mass is 35.5. The van der Waals surface area contributed by atoms with Gasteiger partial charge in [0.1, 0.15) is 0 Å². The number of benzene rings is 2. The van der Waals surface area contributed by atoms with E-state index in [4.69, 9.17) is 11.6 Å². The maximum absolute atomic E-state index is 13.0. The van der Waals surface area contributed by atoms with Crippen molar-refractivity contribution in [3.63, 3.8) is 0 Å². The van der Waals surface area contributed by atoms with Crippen LogP contribution < -0.4 is 4.90 Å². The molecule has 1 aliphatic rings. The molecule has 0 aromatic heterocycles. The summed E-state index contributed by atoms with van der Waals surface area (Å²) in [5.41, 5.74) is 1.30. The van der Waals surface area contributed by atoms with Gasteiger partial charge >= 0.3 is 11.5 Å². The van der Waals surface area contributed by atoms with Gasteiger partial charge in [-0.1, -0.05) is 24.3 Å². The fourth-order valence-electron chi connectivity index (χ4n) is 2.45. The van der Waals surface area contributed by atoms with Gasteiger partial charge in [-0.3, -0.25) is 9.69 Å². The molecule has 1 amide bonds. The summed E-state index contributed by atoms with van der Waals surface area (Å²) in [7, 11) is 0. The molecule has 0 bridgehead atoms. The molecule has 0 fully saturated rings. The molecule has 1 aliphatic heterocycles. The molecule has 3 rings (SSSR count). The number of thioether (sulfide) groups is 1. The Morgan fingerprint density at radius 1 is 1.13 bits per heavy atom. The first kappa shape index (κ1) is 16.2. The Bertz CT molecular complexity index is 763. The number of alkyl halides is 3. The second-order valence-electron chi connectivity index (χ2n) is 5.08. The van der Waals surface area contributed by atoms with Crippen molar-refractivity contribution in [3.05, 3.63) is 59.2 Å². The van der Waals surface area contributed by atoms with Gasteiger partial charge in [0.15, 0.2) is 0 Å². The van der Waals surface area contributed by atoms with Crippen LogP contribution in [0, 0.1) is 0 Å². The maximum atomic E-state index is 13.0. The summed E-state index contributed by atoms with van der Waals surface area (Å²) in [5, 5.41) is -0.803.